The lowest BCUT2D eigenvalue weighted by atomic mass is 10.2. The molecule has 1 amide bonds. The molecule has 0 fully saturated rings. The van der Waals surface area contributed by atoms with E-state index in [1.807, 2.05) is 29.6 Å². The first-order chi connectivity index (χ1) is 13.1. The number of anilines is 1. The Bertz CT molecular complexity index is 903. The molecule has 0 aliphatic carbocycles. The quantitative estimate of drug-likeness (QED) is 0.633. The highest BCUT2D eigenvalue weighted by Gasteiger charge is 2.21. The SMILES string of the molecule is COc1ccc(-c2csc(N(Cc3ccco3)C(=O)CCC(=O)O)n2)cc1. The van der Waals surface area contributed by atoms with Crippen molar-refractivity contribution in [1.82, 2.24) is 4.98 Å². The van der Waals surface area contributed by atoms with E-state index in [0.717, 1.165) is 17.0 Å². The van der Waals surface area contributed by atoms with Crippen LogP contribution in [0.4, 0.5) is 5.13 Å². The molecule has 0 aliphatic heterocycles. The molecule has 2 heterocycles. The molecule has 3 rings (SSSR count). The van der Waals surface area contributed by atoms with E-state index in [1.54, 1.807) is 19.2 Å². The predicted molar refractivity (Wildman–Crippen MR) is 101 cm³/mol. The van der Waals surface area contributed by atoms with Gasteiger partial charge in [-0.1, -0.05) is 0 Å². The molecule has 0 radical (unpaired) electrons. The predicted octanol–water partition coefficient (Wildman–Crippen LogP) is 3.81. The van der Waals surface area contributed by atoms with E-state index in [0.29, 0.717) is 10.9 Å². The maximum Gasteiger partial charge on any atom is 0.303 e. The maximum absolute atomic E-state index is 12.6. The molecular formula is C19H18N2O5S. The second-order valence-electron chi connectivity index (χ2n) is 5.70. The summed E-state index contributed by atoms with van der Waals surface area (Å²) in [4.78, 5) is 29.4. The van der Waals surface area contributed by atoms with Gasteiger partial charge in [0.25, 0.3) is 0 Å². The topological polar surface area (TPSA) is 92.9 Å². The number of benzene rings is 1. The lowest BCUT2D eigenvalue weighted by molar-refractivity contribution is -0.138. The summed E-state index contributed by atoms with van der Waals surface area (Å²) >= 11 is 1.32. The van der Waals surface area contributed by atoms with Gasteiger partial charge in [0.2, 0.25) is 5.91 Å². The van der Waals surface area contributed by atoms with Gasteiger partial charge in [0.15, 0.2) is 5.13 Å². The van der Waals surface area contributed by atoms with Crippen molar-refractivity contribution in [2.24, 2.45) is 0 Å². The summed E-state index contributed by atoms with van der Waals surface area (Å²) in [6, 6.07) is 11.0. The number of methoxy groups -OCH3 is 1. The van der Waals surface area contributed by atoms with E-state index in [4.69, 9.17) is 14.3 Å². The summed E-state index contributed by atoms with van der Waals surface area (Å²) in [6.07, 6.45) is 1.19. The summed E-state index contributed by atoms with van der Waals surface area (Å²) in [5.41, 5.74) is 1.63. The number of nitrogens with zero attached hydrogens (tertiary/aromatic N) is 2. The monoisotopic (exact) mass is 386 g/mol. The van der Waals surface area contributed by atoms with E-state index in [-0.39, 0.29) is 25.3 Å². The molecule has 140 valence electrons. The first kappa shape index (κ1) is 18.7. The van der Waals surface area contributed by atoms with Crippen molar-refractivity contribution in [3.63, 3.8) is 0 Å². The molecule has 7 nitrogen and oxygen atoms in total. The molecule has 8 heteroatoms. The molecule has 1 aromatic carbocycles. The highest BCUT2D eigenvalue weighted by atomic mass is 32.1. The summed E-state index contributed by atoms with van der Waals surface area (Å²) in [5.74, 6) is 0.0150. The molecule has 27 heavy (non-hydrogen) atoms. The van der Waals surface area contributed by atoms with Gasteiger partial charge in [0.05, 0.1) is 32.0 Å². The lowest BCUT2D eigenvalue weighted by Crippen LogP contribution is -2.30. The Hall–Kier alpha value is -3.13. The van der Waals surface area contributed by atoms with Crippen LogP contribution >= 0.6 is 11.3 Å². The molecule has 0 saturated heterocycles. The lowest BCUT2D eigenvalue weighted by Gasteiger charge is -2.18. The highest BCUT2D eigenvalue weighted by molar-refractivity contribution is 7.14. The van der Waals surface area contributed by atoms with Crippen molar-refractivity contribution in [2.75, 3.05) is 12.0 Å². The van der Waals surface area contributed by atoms with Gasteiger partial charge in [0, 0.05) is 17.4 Å². The number of rotatable bonds is 8. The van der Waals surface area contributed by atoms with Crippen LogP contribution in [0.3, 0.4) is 0 Å². The molecule has 0 aliphatic rings. The largest absolute Gasteiger partial charge is 0.497 e. The second-order valence-corrected chi connectivity index (χ2v) is 6.53. The van der Waals surface area contributed by atoms with Gasteiger partial charge in [-0.3, -0.25) is 14.5 Å². The number of carbonyl (C=O) groups is 2. The molecule has 1 N–H and O–H groups in total. The van der Waals surface area contributed by atoms with Gasteiger partial charge in [0.1, 0.15) is 11.5 Å². The van der Waals surface area contributed by atoms with E-state index in [1.165, 1.54) is 22.5 Å². The van der Waals surface area contributed by atoms with Gasteiger partial charge in [-0.2, -0.15) is 0 Å². The zero-order chi connectivity index (χ0) is 19.2. The van der Waals surface area contributed by atoms with Gasteiger partial charge in [-0.25, -0.2) is 4.98 Å². The fourth-order valence-electron chi connectivity index (χ4n) is 2.45. The van der Waals surface area contributed by atoms with Crippen molar-refractivity contribution >= 4 is 28.3 Å². The molecule has 0 bridgehead atoms. The number of amides is 1. The van der Waals surface area contributed by atoms with Crippen LogP contribution in [0.2, 0.25) is 0 Å². The van der Waals surface area contributed by atoms with E-state index in [2.05, 4.69) is 4.98 Å². The van der Waals surface area contributed by atoms with Gasteiger partial charge < -0.3 is 14.3 Å². The molecule has 0 unspecified atom stereocenters. The number of thiazole rings is 1. The van der Waals surface area contributed by atoms with Gasteiger partial charge >= 0.3 is 5.97 Å². The number of hydrogen-bond acceptors (Lipinski definition) is 6. The highest BCUT2D eigenvalue weighted by Crippen LogP contribution is 2.30. The molecule has 0 atom stereocenters. The Morgan fingerprint density at radius 1 is 1.22 bits per heavy atom. The average Bonchev–Trinajstić information content (AvgIpc) is 3.36. The summed E-state index contributed by atoms with van der Waals surface area (Å²) in [7, 11) is 1.60. The minimum absolute atomic E-state index is 0.104. The van der Waals surface area contributed by atoms with Gasteiger partial charge in [-0.15, -0.1) is 11.3 Å². The van der Waals surface area contributed by atoms with Crippen LogP contribution in [0.15, 0.2) is 52.5 Å². The molecule has 0 saturated carbocycles. The minimum atomic E-state index is -1.01. The van der Waals surface area contributed by atoms with Crippen molar-refractivity contribution in [2.45, 2.75) is 19.4 Å². The summed E-state index contributed by atoms with van der Waals surface area (Å²) < 4.78 is 10.5. The first-order valence-corrected chi connectivity index (χ1v) is 9.09. The van der Waals surface area contributed by atoms with Crippen LogP contribution in [0.1, 0.15) is 18.6 Å². The Labute approximate surface area is 159 Å². The maximum atomic E-state index is 12.6. The number of furan rings is 1. The zero-order valence-corrected chi connectivity index (χ0v) is 15.4. The zero-order valence-electron chi connectivity index (χ0n) is 14.6. The fraction of sp³-hybridized carbons (Fsp3) is 0.211. The molecular weight excluding hydrogens is 368 g/mol. The number of carbonyl (C=O) groups excluding carboxylic acids is 1. The normalized spacial score (nSPS) is 10.6. The Kier molecular flexibility index (Phi) is 5.87. The number of aromatic nitrogens is 1. The molecule has 0 spiro atoms. The van der Waals surface area contributed by atoms with Crippen LogP contribution in [0, 0.1) is 0 Å². The summed E-state index contributed by atoms with van der Waals surface area (Å²) in [6.45, 7) is 0.195. The minimum Gasteiger partial charge on any atom is -0.497 e. The molecule has 3 aromatic rings. The van der Waals surface area contributed by atoms with Crippen LogP contribution in [-0.4, -0.2) is 29.1 Å². The number of ether oxygens (including phenoxy) is 1. The van der Waals surface area contributed by atoms with Crippen LogP contribution in [-0.2, 0) is 16.1 Å². The number of carboxylic acids is 1. The third-order valence-electron chi connectivity index (χ3n) is 3.86. The first-order valence-electron chi connectivity index (χ1n) is 8.21. The number of aliphatic carboxylic acids is 1. The van der Waals surface area contributed by atoms with Crippen molar-refractivity contribution in [3.8, 4) is 17.0 Å². The van der Waals surface area contributed by atoms with Crippen LogP contribution in [0.5, 0.6) is 5.75 Å². The third kappa shape index (κ3) is 4.73. The van der Waals surface area contributed by atoms with Crippen molar-refractivity contribution < 1.29 is 23.8 Å². The van der Waals surface area contributed by atoms with Crippen LogP contribution in [0.25, 0.3) is 11.3 Å². The van der Waals surface area contributed by atoms with E-state index >= 15 is 0 Å². The average molecular weight is 386 g/mol. The van der Waals surface area contributed by atoms with Crippen molar-refractivity contribution in [3.05, 3.63) is 53.8 Å². The Balaban J connectivity index is 1.83. The standard InChI is InChI=1S/C19H18N2O5S/c1-25-14-6-4-13(5-7-14)16-12-27-19(20-16)21(11-15-3-2-10-26-15)17(22)8-9-18(23)24/h2-7,10,12H,8-9,11H2,1H3,(H,23,24). The smallest absolute Gasteiger partial charge is 0.303 e. The molecule has 2 aromatic heterocycles. The second kappa shape index (κ2) is 8.50. The Morgan fingerprint density at radius 2 is 2.00 bits per heavy atom. The third-order valence-corrected chi connectivity index (χ3v) is 4.72. The van der Waals surface area contributed by atoms with E-state index in [9.17, 15) is 9.59 Å². The summed E-state index contributed by atoms with van der Waals surface area (Å²) in [5, 5.41) is 11.2. The number of carboxylic acid groups (broad SMARTS) is 1. The van der Waals surface area contributed by atoms with E-state index < -0.39 is 5.97 Å². The number of hydrogen-bond donors (Lipinski definition) is 1. The fourth-order valence-corrected chi connectivity index (χ4v) is 3.30. The van der Waals surface area contributed by atoms with Gasteiger partial charge in [-0.05, 0) is 36.4 Å². The van der Waals surface area contributed by atoms with Crippen molar-refractivity contribution in [1.29, 1.82) is 0 Å². The Morgan fingerprint density at radius 3 is 2.63 bits per heavy atom. The van der Waals surface area contributed by atoms with Crippen LogP contribution < -0.4 is 9.64 Å².